The molecule has 2 aromatic rings. The van der Waals surface area contributed by atoms with Gasteiger partial charge in [0.15, 0.2) is 5.60 Å². The van der Waals surface area contributed by atoms with Gasteiger partial charge < -0.3 is 14.5 Å². The third kappa shape index (κ3) is 3.45. The lowest BCUT2D eigenvalue weighted by Gasteiger charge is -2.37. The number of carbonyl (C=O) groups excluding carboxylic acids is 2. The lowest BCUT2D eigenvalue weighted by atomic mass is 9.89. The number of hydrogen-bond acceptors (Lipinski definition) is 5. The van der Waals surface area contributed by atoms with Gasteiger partial charge >= 0.3 is 0 Å². The normalized spacial score (nSPS) is 24.7. The standard InChI is InChI=1S/C21H19ClF2N4O3/c22-17-11-25-15(10-26-17)19(29)27-5-3-21(4-6-27)20(30)28-16(1-2-18(28)31-21)12-7-13(23)9-14(24)8-12/h7-11,16,18H,1-6H2. The van der Waals surface area contributed by atoms with Crippen LogP contribution in [0.5, 0.6) is 0 Å². The van der Waals surface area contributed by atoms with Crippen LogP contribution in [0.4, 0.5) is 8.78 Å². The molecule has 162 valence electrons. The summed E-state index contributed by atoms with van der Waals surface area (Å²) in [6, 6.07) is 2.93. The third-order valence-corrected chi connectivity index (χ3v) is 6.48. The molecular formula is C21H19ClF2N4O3. The number of amides is 2. The number of benzene rings is 1. The zero-order valence-corrected chi connectivity index (χ0v) is 17.2. The van der Waals surface area contributed by atoms with Crippen molar-refractivity contribution < 1.29 is 23.1 Å². The predicted molar refractivity (Wildman–Crippen MR) is 105 cm³/mol. The zero-order chi connectivity index (χ0) is 21.8. The Labute approximate surface area is 182 Å². The van der Waals surface area contributed by atoms with E-state index in [-0.39, 0.29) is 22.7 Å². The van der Waals surface area contributed by atoms with Crippen LogP contribution in [0.15, 0.2) is 30.6 Å². The fraction of sp³-hybridized carbons (Fsp3) is 0.429. The summed E-state index contributed by atoms with van der Waals surface area (Å²) in [7, 11) is 0. The van der Waals surface area contributed by atoms with Crippen LogP contribution in [0.2, 0.25) is 5.15 Å². The van der Waals surface area contributed by atoms with Gasteiger partial charge in [-0.1, -0.05) is 11.6 Å². The number of aromatic nitrogens is 2. The monoisotopic (exact) mass is 448 g/mol. The Morgan fingerprint density at radius 1 is 1.10 bits per heavy atom. The van der Waals surface area contributed by atoms with Gasteiger partial charge in [-0.15, -0.1) is 0 Å². The van der Waals surface area contributed by atoms with Crippen molar-refractivity contribution in [1.29, 1.82) is 0 Å². The molecular weight excluding hydrogens is 430 g/mol. The van der Waals surface area contributed by atoms with Crippen LogP contribution in [0.25, 0.3) is 0 Å². The zero-order valence-electron chi connectivity index (χ0n) is 16.4. The second-order valence-corrected chi connectivity index (χ2v) is 8.48. The van der Waals surface area contributed by atoms with Crippen molar-refractivity contribution in [3.05, 3.63) is 58.6 Å². The van der Waals surface area contributed by atoms with Crippen molar-refractivity contribution in [3.63, 3.8) is 0 Å². The molecule has 3 saturated heterocycles. The Balaban J connectivity index is 1.31. The van der Waals surface area contributed by atoms with E-state index in [1.807, 2.05) is 0 Å². The van der Waals surface area contributed by atoms with Crippen LogP contribution in [-0.2, 0) is 9.53 Å². The molecule has 4 heterocycles. The summed E-state index contributed by atoms with van der Waals surface area (Å²) in [5.41, 5.74) is -0.395. The highest BCUT2D eigenvalue weighted by molar-refractivity contribution is 6.29. The molecule has 1 aromatic carbocycles. The molecule has 5 rings (SSSR count). The van der Waals surface area contributed by atoms with Crippen molar-refractivity contribution >= 4 is 23.4 Å². The number of piperidine rings is 1. The van der Waals surface area contributed by atoms with Crippen LogP contribution < -0.4 is 0 Å². The summed E-state index contributed by atoms with van der Waals surface area (Å²) in [6.45, 7) is 0.656. The van der Waals surface area contributed by atoms with E-state index < -0.39 is 29.5 Å². The average Bonchev–Trinajstić information content (AvgIpc) is 3.26. The Morgan fingerprint density at radius 3 is 2.45 bits per heavy atom. The molecule has 0 saturated carbocycles. The van der Waals surface area contributed by atoms with E-state index >= 15 is 0 Å². The summed E-state index contributed by atoms with van der Waals surface area (Å²) in [5, 5.41) is 0.201. The summed E-state index contributed by atoms with van der Waals surface area (Å²) in [4.78, 5) is 37.2. The summed E-state index contributed by atoms with van der Waals surface area (Å²) >= 11 is 5.72. The number of halogens is 3. The molecule has 2 amide bonds. The van der Waals surface area contributed by atoms with E-state index in [1.165, 1.54) is 24.5 Å². The number of likely N-dealkylation sites (tertiary alicyclic amines) is 1. The maximum atomic E-state index is 13.7. The van der Waals surface area contributed by atoms with Crippen molar-refractivity contribution in [2.45, 2.75) is 43.6 Å². The van der Waals surface area contributed by atoms with Crippen molar-refractivity contribution in [2.24, 2.45) is 0 Å². The van der Waals surface area contributed by atoms with Gasteiger partial charge in [-0.3, -0.25) is 9.59 Å². The Morgan fingerprint density at radius 2 is 1.81 bits per heavy atom. The number of fused-ring (bicyclic) bond motifs is 1. The Hall–Kier alpha value is -2.65. The van der Waals surface area contributed by atoms with Gasteiger partial charge in [0.05, 0.1) is 18.4 Å². The third-order valence-electron chi connectivity index (χ3n) is 6.29. The second-order valence-electron chi connectivity index (χ2n) is 8.09. The fourth-order valence-corrected chi connectivity index (χ4v) is 4.89. The molecule has 0 radical (unpaired) electrons. The lowest BCUT2D eigenvalue weighted by Crippen LogP contribution is -2.51. The molecule has 3 fully saturated rings. The van der Waals surface area contributed by atoms with Crippen molar-refractivity contribution in [2.75, 3.05) is 13.1 Å². The number of nitrogens with zero attached hydrogens (tertiary/aromatic N) is 4. The van der Waals surface area contributed by atoms with E-state index in [4.69, 9.17) is 16.3 Å². The first-order valence-corrected chi connectivity index (χ1v) is 10.5. The van der Waals surface area contributed by atoms with Crippen molar-refractivity contribution in [3.8, 4) is 0 Å². The lowest BCUT2D eigenvalue weighted by molar-refractivity contribution is -0.142. The molecule has 0 aliphatic carbocycles. The minimum Gasteiger partial charge on any atom is -0.342 e. The van der Waals surface area contributed by atoms with E-state index in [9.17, 15) is 18.4 Å². The summed E-state index contributed by atoms with van der Waals surface area (Å²) < 4.78 is 33.6. The largest absolute Gasteiger partial charge is 0.342 e. The van der Waals surface area contributed by atoms with Crippen LogP contribution in [0.3, 0.4) is 0 Å². The van der Waals surface area contributed by atoms with Gasteiger partial charge in [-0.05, 0) is 30.5 Å². The molecule has 0 N–H and O–H groups in total. The molecule has 2 atom stereocenters. The molecule has 2 unspecified atom stereocenters. The van der Waals surface area contributed by atoms with Gasteiger partial charge in [0.2, 0.25) is 0 Å². The predicted octanol–water partition coefficient (Wildman–Crippen LogP) is 3.10. The number of hydrogen-bond donors (Lipinski definition) is 0. The molecule has 1 spiro atoms. The Kier molecular flexibility index (Phi) is 4.90. The summed E-state index contributed by atoms with van der Waals surface area (Å²) in [5.74, 6) is -1.79. The maximum Gasteiger partial charge on any atom is 0.274 e. The molecule has 31 heavy (non-hydrogen) atoms. The molecule has 7 nitrogen and oxygen atoms in total. The van der Waals surface area contributed by atoms with Gasteiger partial charge in [0, 0.05) is 32.0 Å². The van der Waals surface area contributed by atoms with Gasteiger partial charge in [0.1, 0.15) is 28.7 Å². The van der Waals surface area contributed by atoms with Crippen LogP contribution in [0, 0.1) is 11.6 Å². The molecule has 0 bridgehead atoms. The van der Waals surface area contributed by atoms with Crippen LogP contribution in [0.1, 0.15) is 47.8 Å². The van der Waals surface area contributed by atoms with Crippen molar-refractivity contribution in [1.82, 2.24) is 19.8 Å². The van der Waals surface area contributed by atoms with E-state index in [0.717, 1.165) is 6.07 Å². The minimum absolute atomic E-state index is 0.178. The quantitative estimate of drug-likeness (QED) is 0.705. The number of ether oxygens (including phenoxy) is 1. The smallest absolute Gasteiger partial charge is 0.274 e. The average molecular weight is 449 g/mol. The second kappa shape index (κ2) is 7.49. The molecule has 3 aliphatic rings. The minimum atomic E-state index is -1.02. The highest BCUT2D eigenvalue weighted by atomic mass is 35.5. The van der Waals surface area contributed by atoms with E-state index in [1.54, 1.807) is 9.80 Å². The highest BCUT2D eigenvalue weighted by Gasteiger charge is 2.58. The van der Waals surface area contributed by atoms with E-state index in [0.29, 0.717) is 44.3 Å². The first kappa shape index (κ1) is 20.3. The summed E-state index contributed by atoms with van der Waals surface area (Å²) in [6.07, 6.45) is 4.08. The topological polar surface area (TPSA) is 75.6 Å². The Bertz CT molecular complexity index is 1020. The van der Waals surface area contributed by atoms with Gasteiger partial charge in [-0.2, -0.15) is 0 Å². The van der Waals surface area contributed by atoms with E-state index in [2.05, 4.69) is 9.97 Å². The van der Waals surface area contributed by atoms with Crippen LogP contribution >= 0.6 is 11.6 Å². The maximum absolute atomic E-state index is 13.7. The van der Waals surface area contributed by atoms with Gasteiger partial charge in [0.25, 0.3) is 11.8 Å². The number of carbonyl (C=O) groups is 2. The molecule has 10 heteroatoms. The number of rotatable bonds is 2. The highest BCUT2D eigenvalue weighted by Crippen LogP contribution is 2.47. The van der Waals surface area contributed by atoms with Crippen LogP contribution in [-0.4, -0.2) is 56.5 Å². The first-order chi connectivity index (χ1) is 14.9. The fourth-order valence-electron chi connectivity index (χ4n) is 4.80. The first-order valence-electron chi connectivity index (χ1n) is 10.1. The SMILES string of the molecule is O=C(c1cnc(Cl)cn1)N1CCC2(CC1)OC1CCC(c3cc(F)cc(F)c3)N1C2=O. The molecule has 1 aromatic heterocycles. The molecule has 3 aliphatic heterocycles. The van der Waals surface area contributed by atoms with Gasteiger partial charge in [-0.25, -0.2) is 18.7 Å².